The van der Waals surface area contributed by atoms with Crippen molar-refractivity contribution in [1.82, 2.24) is 0 Å². The van der Waals surface area contributed by atoms with Gasteiger partial charge in [-0.2, -0.15) is 0 Å². The largest absolute Gasteiger partial charge is 0.469 e. The van der Waals surface area contributed by atoms with Crippen molar-refractivity contribution in [2.24, 2.45) is 5.92 Å². The molecule has 1 aromatic heterocycles. The first-order chi connectivity index (χ1) is 13.3. The van der Waals surface area contributed by atoms with Crippen molar-refractivity contribution in [2.45, 2.75) is 37.9 Å². The summed E-state index contributed by atoms with van der Waals surface area (Å²) in [4.78, 5) is 23.4. The van der Waals surface area contributed by atoms with Gasteiger partial charge < -0.3 is 33.9 Å². The van der Waals surface area contributed by atoms with Crippen LogP contribution in [0.4, 0.5) is 0 Å². The molecular weight excluding hydrogens is 372 g/mol. The Kier molecular flexibility index (Phi) is 5.99. The lowest BCUT2D eigenvalue weighted by Crippen LogP contribution is -2.56. The number of hydrogen-bond acceptors (Lipinski definition) is 9. The van der Waals surface area contributed by atoms with E-state index in [0.29, 0.717) is 10.9 Å². The van der Waals surface area contributed by atoms with E-state index in [-0.39, 0.29) is 17.8 Å². The van der Waals surface area contributed by atoms with Crippen molar-refractivity contribution >= 4 is 16.9 Å². The van der Waals surface area contributed by atoms with Crippen LogP contribution in [0.3, 0.4) is 0 Å². The third-order valence-electron chi connectivity index (χ3n) is 4.84. The number of aliphatic hydroxyl groups is 3. The number of carbonyl (C=O) groups is 1. The monoisotopic (exact) mass is 394 g/mol. The van der Waals surface area contributed by atoms with E-state index >= 15 is 0 Å². The van der Waals surface area contributed by atoms with E-state index in [1.165, 1.54) is 19.2 Å². The molecule has 9 nitrogen and oxygen atoms in total. The zero-order valence-electron chi connectivity index (χ0n) is 15.4. The summed E-state index contributed by atoms with van der Waals surface area (Å²) in [6.07, 6.45) is -4.27. The maximum atomic E-state index is 11.8. The minimum Gasteiger partial charge on any atom is -0.469 e. The lowest BCUT2D eigenvalue weighted by molar-refractivity contribution is -0.260. The number of benzene rings is 1. The highest BCUT2D eigenvalue weighted by Crippen LogP contribution is 2.29. The lowest BCUT2D eigenvalue weighted by atomic mass is 9.91. The molecule has 2 aromatic rings. The highest BCUT2D eigenvalue weighted by Gasteiger charge is 2.43. The van der Waals surface area contributed by atoms with Crippen LogP contribution in [0.1, 0.15) is 12.5 Å². The smallest absolute Gasteiger partial charge is 0.336 e. The zero-order chi connectivity index (χ0) is 20.4. The molecule has 3 rings (SSSR count). The maximum absolute atomic E-state index is 11.8. The van der Waals surface area contributed by atoms with Crippen LogP contribution in [0, 0.1) is 5.92 Å². The summed E-state index contributed by atoms with van der Waals surface area (Å²) >= 11 is 0. The second-order valence-electron chi connectivity index (χ2n) is 6.69. The van der Waals surface area contributed by atoms with Crippen molar-refractivity contribution in [3.63, 3.8) is 0 Å². The molecule has 2 unspecified atom stereocenters. The van der Waals surface area contributed by atoms with Gasteiger partial charge in [-0.15, -0.1) is 0 Å². The maximum Gasteiger partial charge on any atom is 0.336 e. The zero-order valence-corrected chi connectivity index (χ0v) is 15.4. The van der Waals surface area contributed by atoms with Crippen molar-refractivity contribution in [3.8, 4) is 5.75 Å². The van der Waals surface area contributed by atoms with Gasteiger partial charge >= 0.3 is 11.6 Å². The van der Waals surface area contributed by atoms with Crippen LogP contribution >= 0.6 is 0 Å². The van der Waals surface area contributed by atoms with Crippen LogP contribution in [-0.2, 0) is 20.7 Å². The molecule has 2 heterocycles. The Balaban J connectivity index is 1.88. The molecular formula is C19H22O9. The summed E-state index contributed by atoms with van der Waals surface area (Å²) in [5.41, 5.74) is 0.0197. The number of fused-ring (bicyclic) bond motifs is 1. The molecule has 0 amide bonds. The molecule has 3 N–H and O–H groups in total. The van der Waals surface area contributed by atoms with E-state index in [4.69, 9.17) is 13.9 Å². The van der Waals surface area contributed by atoms with Crippen LogP contribution in [0.25, 0.3) is 11.0 Å². The Morgan fingerprint density at radius 3 is 2.64 bits per heavy atom. The molecule has 0 spiro atoms. The molecule has 5 atom stereocenters. The highest BCUT2D eigenvalue weighted by atomic mass is 16.7. The lowest BCUT2D eigenvalue weighted by Gasteiger charge is -2.40. The average Bonchev–Trinajstić information content (AvgIpc) is 2.67. The van der Waals surface area contributed by atoms with Gasteiger partial charge in [0.05, 0.1) is 26.2 Å². The summed E-state index contributed by atoms with van der Waals surface area (Å²) in [5, 5.41) is 30.2. The molecule has 1 aromatic carbocycles. The molecule has 1 aliphatic heterocycles. The van der Waals surface area contributed by atoms with Crippen LogP contribution in [0.5, 0.6) is 5.75 Å². The average molecular weight is 394 g/mol. The van der Waals surface area contributed by atoms with Crippen molar-refractivity contribution in [1.29, 1.82) is 0 Å². The molecule has 152 valence electrons. The summed E-state index contributed by atoms with van der Waals surface area (Å²) in [6.45, 7) is 1.19. The number of hydrogen-bond donors (Lipinski definition) is 3. The molecule has 9 heteroatoms. The fourth-order valence-electron chi connectivity index (χ4n) is 3.16. The molecule has 0 bridgehead atoms. The summed E-state index contributed by atoms with van der Waals surface area (Å²) in [7, 11) is 1.26. The predicted octanol–water partition coefficient (Wildman–Crippen LogP) is -0.0376. The Morgan fingerprint density at radius 2 is 1.96 bits per heavy atom. The van der Waals surface area contributed by atoms with E-state index in [1.54, 1.807) is 19.1 Å². The molecule has 1 saturated heterocycles. The first-order valence-corrected chi connectivity index (χ1v) is 8.76. The van der Waals surface area contributed by atoms with E-state index in [9.17, 15) is 24.9 Å². The number of rotatable bonds is 5. The fourth-order valence-corrected chi connectivity index (χ4v) is 3.16. The second kappa shape index (κ2) is 8.27. The number of aliphatic hydroxyl groups excluding tert-OH is 3. The number of methoxy groups -OCH3 is 1. The van der Waals surface area contributed by atoms with Crippen molar-refractivity contribution in [2.75, 3.05) is 13.7 Å². The van der Waals surface area contributed by atoms with E-state index in [2.05, 4.69) is 4.74 Å². The quantitative estimate of drug-likeness (QED) is 0.471. The Morgan fingerprint density at radius 1 is 1.21 bits per heavy atom. The molecule has 28 heavy (non-hydrogen) atoms. The van der Waals surface area contributed by atoms with Gasteiger partial charge in [-0.05, 0) is 17.7 Å². The predicted molar refractivity (Wildman–Crippen MR) is 95.8 cm³/mol. The molecule has 0 radical (unpaired) electrons. The summed E-state index contributed by atoms with van der Waals surface area (Å²) in [6, 6.07) is 5.85. The van der Waals surface area contributed by atoms with E-state index in [0.717, 1.165) is 0 Å². The van der Waals surface area contributed by atoms with Crippen molar-refractivity contribution < 1.29 is 38.7 Å². The van der Waals surface area contributed by atoms with Gasteiger partial charge in [0, 0.05) is 23.4 Å². The Labute approximate surface area is 160 Å². The van der Waals surface area contributed by atoms with Crippen LogP contribution in [0.2, 0.25) is 0 Å². The van der Waals surface area contributed by atoms with Gasteiger partial charge in [0.1, 0.15) is 23.5 Å². The first kappa shape index (κ1) is 20.3. The van der Waals surface area contributed by atoms with Gasteiger partial charge in [0.2, 0.25) is 6.29 Å². The third-order valence-corrected chi connectivity index (χ3v) is 4.84. The summed E-state index contributed by atoms with van der Waals surface area (Å²) < 4.78 is 20.9. The topological polar surface area (TPSA) is 136 Å². The molecule has 1 fully saturated rings. The molecule has 0 aliphatic carbocycles. The van der Waals surface area contributed by atoms with E-state index < -0.39 is 48.7 Å². The number of esters is 1. The van der Waals surface area contributed by atoms with Gasteiger partial charge in [-0.25, -0.2) is 4.79 Å². The van der Waals surface area contributed by atoms with Crippen LogP contribution in [-0.4, -0.2) is 59.6 Å². The normalized spacial score (nSPS) is 27.5. The van der Waals surface area contributed by atoms with Gasteiger partial charge in [-0.1, -0.05) is 6.92 Å². The third kappa shape index (κ3) is 4.02. The minimum atomic E-state index is -1.13. The van der Waals surface area contributed by atoms with Crippen molar-refractivity contribution in [3.05, 3.63) is 40.2 Å². The number of ether oxygens (including phenoxy) is 3. The second-order valence-corrected chi connectivity index (χ2v) is 6.69. The Hall–Kier alpha value is -2.46. The summed E-state index contributed by atoms with van der Waals surface area (Å²) in [5.74, 6) is -0.829. The standard InChI is InChI=1S/C19H22O9/c1-9-17(23)14(8-20)28-19(18(9)24)26-11-3-4-12-10(5-15(21)25-2)6-16(22)27-13(12)7-11/h3-4,6-7,9,14,17-20,23-24H,5,8H2,1-2H3/t9-,14?,17-,18?,19-/m1/s1. The SMILES string of the molecule is COC(=O)Cc1cc(=O)oc2cc(O[C@@H]3OC(CO)[C@H](O)[C@@H](C)C3O)ccc12. The number of carbonyl (C=O) groups excluding carboxylic acids is 1. The van der Waals surface area contributed by atoms with Crippen LogP contribution < -0.4 is 10.4 Å². The molecule has 1 aliphatic rings. The minimum absolute atomic E-state index is 0.0865. The Bertz CT molecular complexity index is 904. The first-order valence-electron chi connectivity index (χ1n) is 8.76. The van der Waals surface area contributed by atoms with Gasteiger partial charge in [0.15, 0.2) is 0 Å². The highest BCUT2D eigenvalue weighted by molar-refractivity contribution is 5.85. The molecule has 0 saturated carbocycles. The van der Waals surface area contributed by atoms with Gasteiger partial charge in [0.25, 0.3) is 0 Å². The van der Waals surface area contributed by atoms with E-state index in [1.807, 2.05) is 0 Å². The fraction of sp³-hybridized carbons (Fsp3) is 0.474. The van der Waals surface area contributed by atoms with Gasteiger partial charge in [-0.3, -0.25) is 4.79 Å². The van der Waals surface area contributed by atoms with Crippen LogP contribution in [0.15, 0.2) is 33.5 Å².